The summed E-state index contributed by atoms with van der Waals surface area (Å²) in [5.41, 5.74) is 0.521. The van der Waals surface area contributed by atoms with E-state index in [2.05, 4.69) is 5.32 Å². The summed E-state index contributed by atoms with van der Waals surface area (Å²) in [5.74, 6) is -3.77. The van der Waals surface area contributed by atoms with Crippen molar-refractivity contribution in [2.24, 2.45) is 0 Å². The lowest BCUT2D eigenvalue weighted by atomic mass is 10.1. The van der Waals surface area contributed by atoms with E-state index in [1.165, 1.54) is 25.3 Å². The molecule has 8 heteroatoms. The Morgan fingerprint density at radius 1 is 0.931 bits per heavy atom. The first-order valence-electron chi connectivity index (χ1n) is 8.38. The molecule has 0 radical (unpaired) electrons. The number of carbonyl (C=O) groups is 1. The minimum atomic E-state index is -1.34. The largest absolute Gasteiger partial charge is 0.493 e. The molecule has 0 aliphatic carbocycles. The molecule has 0 unspecified atom stereocenters. The van der Waals surface area contributed by atoms with Crippen LogP contribution >= 0.6 is 11.6 Å². The van der Waals surface area contributed by atoms with Crippen molar-refractivity contribution >= 4 is 23.2 Å². The third kappa shape index (κ3) is 5.00. The van der Waals surface area contributed by atoms with E-state index < -0.39 is 29.0 Å². The van der Waals surface area contributed by atoms with Crippen molar-refractivity contribution in [1.29, 1.82) is 0 Å². The molecule has 0 saturated carbocycles. The number of amides is 1. The summed E-state index contributed by atoms with van der Waals surface area (Å²) < 4.78 is 51.0. The van der Waals surface area contributed by atoms with Crippen LogP contribution in [0.15, 0.2) is 54.6 Å². The van der Waals surface area contributed by atoms with Crippen LogP contribution in [0.3, 0.4) is 0 Å². The summed E-state index contributed by atoms with van der Waals surface area (Å²) in [4.78, 5) is 12.4. The molecule has 0 aliphatic rings. The summed E-state index contributed by atoms with van der Waals surface area (Å²) >= 11 is 5.85. The van der Waals surface area contributed by atoms with E-state index in [1.807, 2.05) is 12.1 Å². The van der Waals surface area contributed by atoms with E-state index >= 15 is 0 Å². The first-order valence-corrected chi connectivity index (χ1v) is 8.76. The number of nitrogens with one attached hydrogen (secondary N) is 1. The molecular weight excluding hydrogens is 407 g/mol. The molecule has 29 heavy (non-hydrogen) atoms. The quantitative estimate of drug-likeness (QED) is 0.527. The Kier molecular flexibility index (Phi) is 6.29. The molecule has 0 fully saturated rings. The minimum absolute atomic E-state index is 0.116. The number of anilines is 1. The van der Waals surface area contributed by atoms with E-state index in [0.717, 1.165) is 5.56 Å². The van der Waals surface area contributed by atoms with Gasteiger partial charge >= 0.3 is 0 Å². The van der Waals surface area contributed by atoms with Crippen molar-refractivity contribution in [1.82, 2.24) is 0 Å². The second kappa shape index (κ2) is 8.87. The number of rotatable bonds is 6. The van der Waals surface area contributed by atoms with Gasteiger partial charge in [-0.3, -0.25) is 4.79 Å². The van der Waals surface area contributed by atoms with Crippen molar-refractivity contribution in [2.75, 3.05) is 12.4 Å². The van der Waals surface area contributed by atoms with Crippen molar-refractivity contribution in [3.8, 4) is 11.5 Å². The summed E-state index contributed by atoms with van der Waals surface area (Å²) in [6.45, 7) is 0.249. The minimum Gasteiger partial charge on any atom is -0.493 e. The fraction of sp³-hybridized carbons (Fsp3) is 0.0952. The highest BCUT2D eigenvalue weighted by Gasteiger charge is 2.15. The first kappa shape index (κ1) is 20.5. The van der Waals surface area contributed by atoms with Crippen LogP contribution in [-0.4, -0.2) is 13.0 Å². The van der Waals surface area contributed by atoms with Gasteiger partial charge in [-0.2, -0.15) is 0 Å². The summed E-state index contributed by atoms with van der Waals surface area (Å²) in [5, 5.41) is 2.81. The van der Waals surface area contributed by atoms with Crippen LogP contribution in [0, 0.1) is 17.5 Å². The van der Waals surface area contributed by atoms with Gasteiger partial charge in [0.15, 0.2) is 23.1 Å². The Balaban J connectivity index is 1.74. The van der Waals surface area contributed by atoms with Gasteiger partial charge in [-0.25, -0.2) is 13.2 Å². The number of halogens is 4. The number of methoxy groups -OCH3 is 1. The molecule has 3 rings (SSSR count). The lowest BCUT2D eigenvalue weighted by Crippen LogP contribution is -2.14. The highest BCUT2D eigenvalue weighted by atomic mass is 35.5. The van der Waals surface area contributed by atoms with Crippen LogP contribution in [-0.2, 0) is 6.61 Å². The van der Waals surface area contributed by atoms with Gasteiger partial charge in [0.05, 0.1) is 12.8 Å². The number of benzene rings is 3. The van der Waals surface area contributed by atoms with Crippen LogP contribution in [0.1, 0.15) is 15.9 Å². The van der Waals surface area contributed by atoms with E-state index in [0.29, 0.717) is 22.9 Å². The van der Waals surface area contributed by atoms with Gasteiger partial charge in [0.2, 0.25) is 0 Å². The van der Waals surface area contributed by atoms with Crippen molar-refractivity contribution < 1.29 is 27.4 Å². The van der Waals surface area contributed by atoms with Gasteiger partial charge in [-0.05, 0) is 35.9 Å². The Hall–Kier alpha value is -3.19. The fourth-order valence-electron chi connectivity index (χ4n) is 2.48. The van der Waals surface area contributed by atoms with Crippen LogP contribution in [0.25, 0.3) is 0 Å². The van der Waals surface area contributed by atoms with Gasteiger partial charge in [0.25, 0.3) is 5.91 Å². The van der Waals surface area contributed by atoms with Crippen LogP contribution < -0.4 is 14.8 Å². The average Bonchev–Trinajstić information content (AvgIpc) is 2.71. The zero-order chi connectivity index (χ0) is 21.0. The molecule has 0 atom stereocenters. The van der Waals surface area contributed by atoms with Crippen molar-refractivity contribution in [2.45, 2.75) is 6.61 Å². The maximum Gasteiger partial charge on any atom is 0.255 e. The number of ether oxygens (including phenoxy) is 2. The fourth-order valence-corrected chi connectivity index (χ4v) is 2.61. The zero-order valence-corrected chi connectivity index (χ0v) is 15.9. The van der Waals surface area contributed by atoms with E-state index in [1.54, 1.807) is 12.1 Å². The van der Waals surface area contributed by atoms with Crippen LogP contribution in [0.2, 0.25) is 5.02 Å². The van der Waals surface area contributed by atoms with E-state index in [4.69, 9.17) is 21.1 Å². The smallest absolute Gasteiger partial charge is 0.255 e. The van der Waals surface area contributed by atoms with Gasteiger partial charge in [-0.1, -0.05) is 23.7 Å². The highest BCUT2D eigenvalue weighted by Crippen LogP contribution is 2.29. The molecule has 4 nitrogen and oxygen atoms in total. The topological polar surface area (TPSA) is 47.6 Å². The molecule has 0 aromatic heterocycles. The predicted octanol–water partition coefficient (Wildman–Crippen LogP) is 5.60. The molecule has 0 heterocycles. The number of hydrogen-bond donors (Lipinski definition) is 1. The SMILES string of the molecule is COc1cc(C(=O)Nc2cc(F)c(F)cc2F)ccc1OCc1ccc(Cl)cc1. The maximum atomic E-state index is 13.7. The standard InChI is InChI=1S/C21H15ClF3NO3/c1-28-20-8-13(21(27)26-18-10-16(24)15(23)9-17(18)25)4-7-19(20)29-11-12-2-5-14(22)6-3-12/h2-10H,11H2,1H3,(H,26,27). The molecule has 0 saturated heterocycles. The highest BCUT2D eigenvalue weighted by molar-refractivity contribution is 6.30. The Labute approximate surface area is 169 Å². The molecule has 150 valence electrons. The van der Waals surface area contributed by atoms with Gasteiger partial charge in [0.1, 0.15) is 12.4 Å². The van der Waals surface area contributed by atoms with Gasteiger partial charge in [-0.15, -0.1) is 0 Å². The van der Waals surface area contributed by atoms with Crippen molar-refractivity contribution in [3.05, 3.63) is 88.2 Å². The van der Waals surface area contributed by atoms with Crippen LogP contribution in [0.5, 0.6) is 11.5 Å². The average molecular weight is 422 g/mol. The summed E-state index contributed by atoms with van der Waals surface area (Å²) in [6, 6.07) is 12.4. The van der Waals surface area contributed by atoms with Gasteiger partial charge < -0.3 is 14.8 Å². The molecular formula is C21H15ClF3NO3. The second-order valence-corrected chi connectivity index (χ2v) is 6.42. The third-order valence-corrected chi connectivity index (χ3v) is 4.24. The zero-order valence-electron chi connectivity index (χ0n) is 15.1. The Morgan fingerprint density at radius 2 is 1.62 bits per heavy atom. The molecule has 1 amide bonds. The van der Waals surface area contributed by atoms with Gasteiger partial charge in [0, 0.05) is 22.7 Å². The molecule has 3 aromatic carbocycles. The number of hydrogen-bond acceptors (Lipinski definition) is 3. The lowest BCUT2D eigenvalue weighted by molar-refractivity contribution is 0.102. The van der Waals surface area contributed by atoms with Crippen molar-refractivity contribution in [3.63, 3.8) is 0 Å². The summed E-state index contributed by atoms with van der Waals surface area (Å²) in [6.07, 6.45) is 0. The number of carbonyl (C=O) groups excluding carboxylic acids is 1. The maximum absolute atomic E-state index is 13.7. The lowest BCUT2D eigenvalue weighted by Gasteiger charge is -2.13. The monoisotopic (exact) mass is 421 g/mol. The Morgan fingerprint density at radius 3 is 2.31 bits per heavy atom. The Bertz CT molecular complexity index is 1040. The molecule has 0 aliphatic heterocycles. The third-order valence-electron chi connectivity index (χ3n) is 3.99. The normalized spacial score (nSPS) is 10.5. The summed E-state index contributed by atoms with van der Waals surface area (Å²) in [7, 11) is 1.40. The molecule has 1 N–H and O–H groups in total. The second-order valence-electron chi connectivity index (χ2n) is 5.98. The van der Waals surface area contributed by atoms with Crippen LogP contribution in [0.4, 0.5) is 18.9 Å². The molecule has 0 bridgehead atoms. The predicted molar refractivity (Wildman–Crippen MR) is 103 cm³/mol. The molecule has 0 spiro atoms. The first-order chi connectivity index (χ1) is 13.9. The van der Waals surface area contributed by atoms with E-state index in [-0.39, 0.29) is 17.9 Å². The van der Waals surface area contributed by atoms with E-state index in [9.17, 15) is 18.0 Å². The molecule has 3 aromatic rings.